The van der Waals surface area contributed by atoms with E-state index in [9.17, 15) is 13.2 Å². The zero-order valence-corrected chi connectivity index (χ0v) is 13.2. The van der Waals surface area contributed by atoms with E-state index in [0.29, 0.717) is 18.6 Å². The number of nitrogen functional groups attached to an aromatic ring is 1. The number of ether oxygens (including phenoxy) is 2. The molecule has 2 aliphatic carbocycles. The van der Waals surface area contributed by atoms with E-state index in [0.717, 1.165) is 12.8 Å². The highest BCUT2D eigenvalue weighted by Gasteiger charge is 2.60. The zero-order valence-electron chi connectivity index (χ0n) is 12.4. The third-order valence-corrected chi connectivity index (χ3v) is 7.42. The SMILES string of the molecule is COC(=O)c1cccc(OCC2(S(=O)(=O)C3CC3)CC2)c1N. The molecule has 2 N–H and O–H groups in total. The van der Waals surface area contributed by atoms with Crippen LogP contribution in [0.2, 0.25) is 0 Å². The number of para-hydroxylation sites is 1. The first kappa shape index (κ1) is 15.1. The first-order valence-electron chi connectivity index (χ1n) is 7.24. The number of carbonyl (C=O) groups excluding carboxylic acids is 1. The van der Waals surface area contributed by atoms with Gasteiger partial charge in [0.25, 0.3) is 0 Å². The molecule has 0 atom stereocenters. The molecule has 1 aromatic rings. The zero-order chi connectivity index (χ0) is 16.0. The molecular weight excluding hydrogens is 306 g/mol. The van der Waals surface area contributed by atoms with Gasteiger partial charge in [-0.1, -0.05) is 6.07 Å². The van der Waals surface area contributed by atoms with E-state index in [-0.39, 0.29) is 23.1 Å². The lowest BCUT2D eigenvalue weighted by Crippen LogP contribution is -2.33. The van der Waals surface area contributed by atoms with Gasteiger partial charge in [-0.15, -0.1) is 0 Å². The van der Waals surface area contributed by atoms with Gasteiger partial charge in [0.15, 0.2) is 9.84 Å². The van der Waals surface area contributed by atoms with Gasteiger partial charge in [0.1, 0.15) is 17.1 Å². The van der Waals surface area contributed by atoms with Crippen LogP contribution in [0.25, 0.3) is 0 Å². The van der Waals surface area contributed by atoms with E-state index >= 15 is 0 Å². The third-order valence-electron chi connectivity index (χ3n) is 4.34. The lowest BCUT2D eigenvalue weighted by atomic mass is 10.1. The van der Waals surface area contributed by atoms with Crippen molar-refractivity contribution < 1.29 is 22.7 Å². The molecule has 0 spiro atoms. The molecule has 0 heterocycles. The van der Waals surface area contributed by atoms with Crippen LogP contribution in [-0.2, 0) is 14.6 Å². The molecular formula is C15H19NO5S. The molecule has 2 fully saturated rings. The lowest BCUT2D eigenvalue weighted by Gasteiger charge is -2.18. The van der Waals surface area contributed by atoms with E-state index in [1.165, 1.54) is 7.11 Å². The van der Waals surface area contributed by atoms with Gasteiger partial charge in [0.2, 0.25) is 0 Å². The molecule has 2 aliphatic rings. The smallest absolute Gasteiger partial charge is 0.340 e. The number of methoxy groups -OCH3 is 1. The van der Waals surface area contributed by atoms with Crippen molar-refractivity contribution in [2.75, 3.05) is 19.5 Å². The van der Waals surface area contributed by atoms with Crippen molar-refractivity contribution in [2.45, 2.75) is 35.7 Å². The highest BCUT2D eigenvalue weighted by atomic mass is 32.2. The maximum atomic E-state index is 12.4. The summed E-state index contributed by atoms with van der Waals surface area (Å²) in [6.07, 6.45) is 2.76. The van der Waals surface area contributed by atoms with E-state index in [4.69, 9.17) is 10.5 Å². The van der Waals surface area contributed by atoms with Gasteiger partial charge in [-0.25, -0.2) is 13.2 Å². The Labute approximate surface area is 129 Å². The van der Waals surface area contributed by atoms with Gasteiger partial charge in [-0.3, -0.25) is 0 Å². The Morgan fingerprint density at radius 3 is 2.59 bits per heavy atom. The molecule has 0 amide bonds. The van der Waals surface area contributed by atoms with E-state index in [2.05, 4.69) is 4.74 Å². The van der Waals surface area contributed by atoms with Gasteiger partial charge < -0.3 is 15.2 Å². The molecule has 22 heavy (non-hydrogen) atoms. The highest BCUT2D eigenvalue weighted by molar-refractivity contribution is 7.94. The minimum Gasteiger partial charge on any atom is -0.490 e. The van der Waals surface area contributed by atoms with Gasteiger partial charge >= 0.3 is 5.97 Å². The Balaban J connectivity index is 1.76. The van der Waals surface area contributed by atoms with Crippen molar-refractivity contribution in [1.29, 1.82) is 0 Å². The number of rotatable bonds is 6. The fourth-order valence-electron chi connectivity index (χ4n) is 2.55. The van der Waals surface area contributed by atoms with E-state index in [1.807, 2.05) is 0 Å². The Morgan fingerprint density at radius 1 is 1.36 bits per heavy atom. The van der Waals surface area contributed by atoms with Crippen LogP contribution in [0, 0.1) is 0 Å². The van der Waals surface area contributed by atoms with Crippen LogP contribution >= 0.6 is 0 Å². The second-order valence-corrected chi connectivity index (χ2v) is 8.55. The van der Waals surface area contributed by atoms with E-state index in [1.54, 1.807) is 18.2 Å². The second-order valence-electron chi connectivity index (χ2n) is 5.93. The first-order chi connectivity index (χ1) is 10.4. The van der Waals surface area contributed by atoms with Crippen molar-refractivity contribution >= 4 is 21.5 Å². The summed E-state index contributed by atoms with van der Waals surface area (Å²) in [6, 6.07) is 4.80. The number of benzene rings is 1. The summed E-state index contributed by atoms with van der Waals surface area (Å²) in [5.74, 6) is -0.227. The largest absolute Gasteiger partial charge is 0.490 e. The molecule has 2 saturated carbocycles. The quantitative estimate of drug-likeness (QED) is 0.629. The lowest BCUT2D eigenvalue weighted by molar-refractivity contribution is 0.0601. The fraction of sp³-hybridized carbons (Fsp3) is 0.533. The molecule has 7 heteroatoms. The summed E-state index contributed by atoms with van der Waals surface area (Å²) in [5.41, 5.74) is 6.31. The van der Waals surface area contributed by atoms with Gasteiger partial charge in [0.05, 0.1) is 23.6 Å². The summed E-state index contributed by atoms with van der Waals surface area (Å²) >= 11 is 0. The van der Waals surface area contributed by atoms with Crippen LogP contribution in [0.4, 0.5) is 5.69 Å². The topological polar surface area (TPSA) is 95.7 Å². The second kappa shape index (κ2) is 5.15. The molecule has 1 aromatic carbocycles. The molecule has 0 aromatic heterocycles. The van der Waals surface area contributed by atoms with Crippen LogP contribution in [0.15, 0.2) is 18.2 Å². The third kappa shape index (κ3) is 2.43. The number of esters is 1. The van der Waals surface area contributed by atoms with Crippen LogP contribution in [0.5, 0.6) is 5.75 Å². The van der Waals surface area contributed by atoms with Crippen molar-refractivity contribution in [3.05, 3.63) is 23.8 Å². The average Bonchev–Trinajstić information content (AvgIpc) is 3.38. The molecule has 6 nitrogen and oxygen atoms in total. The maximum Gasteiger partial charge on any atom is 0.340 e. The van der Waals surface area contributed by atoms with Crippen molar-refractivity contribution in [3.63, 3.8) is 0 Å². The monoisotopic (exact) mass is 325 g/mol. The number of carbonyl (C=O) groups is 1. The molecule has 0 radical (unpaired) electrons. The van der Waals surface area contributed by atoms with Crippen LogP contribution in [0.1, 0.15) is 36.0 Å². The van der Waals surface area contributed by atoms with Crippen molar-refractivity contribution in [3.8, 4) is 5.75 Å². The number of nitrogens with two attached hydrogens (primary N) is 1. The molecule has 0 bridgehead atoms. The summed E-state index contributed by atoms with van der Waals surface area (Å²) in [7, 11) is -1.85. The van der Waals surface area contributed by atoms with Gasteiger partial charge in [-0.05, 0) is 37.8 Å². The van der Waals surface area contributed by atoms with Crippen LogP contribution < -0.4 is 10.5 Å². The predicted molar refractivity (Wildman–Crippen MR) is 81.6 cm³/mol. The standard InChI is InChI=1S/C15H19NO5S/c1-20-14(17)11-3-2-4-12(13(11)16)21-9-15(7-8-15)22(18,19)10-5-6-10/h2-4,10H,5-9,16H2,1H3. The van der Waals surface area contributed by atoms with Crippen LogP contribution in [-0.4, -0.2) is 38.1 Å². The van der Waals surface area contributed by atoms with Crippen LogP contribution in [0.3, 0.4) is 0 Å². The maximum absolute atomic E-state index is 12.4. The van der Waals surface area contributed by atoms with Crippen molar-refractivity contribution in [1.82, 2.24) is 0 Å². The average molecular weight is 325 g/mol. The number of sulfone groups is 1. The number of anilines is 1. The predicted octanol–water partition coefficient (Wildman–Crippen LogP) is 1.54. The Bertz CT molecular complexity index is 705. The summed E-state index contributed by atoms with van der Waals surface area (Å²) in [4.78, 5) is 11.6. The fourth-order valence-corrected chi connectivity index (χ4v) is 4.91. The first-order valence-corrected chi connectivity index (χ1v) is 8.79. The summed E-state index contributed by atoms with van der Waals surface area (Å²) in [6.45, 7) is 0.0840. The molecule has 3 rings (SSSR count). The highest BCUT2D eigenvalue weighted by Crippen LogP contribution is 2.50. The Kier molecular flexibility index (Phi) is 3.55. The van der Waals surface area contributed by atoms with Crippen molar-refractivity contribution in [2.24, 2.45) is 0 Å². The van der Waals surface area contributed by atoms with E-state index < -0.39 is 20.6 Å². The normalized spacial score (nSPS) is 19.5. The minimum atomic E-state index is -3.13. The van der Waals surface area contributed by atoms with Gasteiger partial charge in [0, 0.05) is 0 Å². The number of hydrogen-bond donors (Lipinski definition) is 1. The Morgan fingerprint density at radius 2 is 2.05 bits per heavy atom. The summed E-state index contributed by atoms with van der Waals surface area (Å²) in [5, 5.41) is -0.197. The van der Waals surface area contributed by atoms with Gasteiger partial charge in [-0.2, -0.15) is 0 Å². The Hall–Kier alpha value is -1.76. The molecule has 0 unspecified atom stereocenters. The summed E-state index contributed by atoms with van der Waals surface area (Å²) < 4.78 is 34.4. The number of hydrogen-bond acceptors (Lipinski definition) is 6. The molecule has 120 valence electrons. The molecule has 0 aliphatic heterocycles. The minimum absolute atomic E-state index is 0.0840. The molecule has 0 saturated heterocycles.